The third-order valence-corrected chi connectivity index (χ3v) is 5.82. The van der Waals surface area contributed by atoms with Crippen molar-refractivity contribution in [3.05, 3.63) is 70.9 Å². The summed E-state index contributed by atoms with van der Waals surface area (Å²) in [5.74, 6) is 0.633. The fraction of sp³-hybridized carbons (Fsp3) is 0.391. The Hall–Kier alpha value is -2.82. The van der Waals surface area contributed by atoms with Crippen molar-refractivity contribution in [2.45, 2.75) is 51.1 Å². The van der Waals surface area contributed by atoms with E-state index in [4.69, 9.17) is 0 Å². The molecule has 4 rings (SSSR count). The standard InChI is InChI=1S/C23H28N4O/c1-3-27-16-19(20-14-24-26(2)15-20)13-22(23(27)28)25-21-11-9-18(10-12-21)17-7-5-4-6-8-17/h4-8,13-16,18,21,25H,3,9-12H2,1-2H3/t18-,21+. The maximum Gasteiger partial charge on any atom is 0.273 e. The molecule has 1 N–H and O–H groups in total. The van der Waals surface area contributed by atoms with E-state index in [1.54, 1.807) is 9.25 Å². The predicted octanol–water partition coefficient (Wildman–Crippen LogP) is 4.41. The molecular weight excluding hydrogens is 348 g/mol. The van der Waals surface area contributed by atoms with Gasteiger partial charge in [-0.25, -0.2) is 0 Å². The summed E-state index contributed by atoms with van der Waals surface area (Å²) in [6.45, 7) is 2.66. The number of pyridine rings is 1. The van der Waals surface area contributed by atoms with Crippen LogP contribution in [0.2, 0.25) is 0 Å². The Morgan fingerprint density at radius 2 is 1.82 bits per heavy atom. The van der Waals surface area contributed by atoms with Gasteiger partial charge in [-0.15, -0.1) is 0 Å². The second kappa shape index (κ2) is 8.05. The second-order valence-electron chi connectivity index (χ2n) is 7.74. The summed E-state index contributed by atoms with van der Waals surface area (Å²) in [6, 6.07) is 13.1. The van der Waals surface area contributed by atoms with Crippen molar-refractivity contribution < 1.29 is 0 Å². The van der Waals surface area contributed by atoms with Gasteiger partial charge in [0.25, 0.3) is 5.56 Å². The van der Waals surface area contributed by atoms with Crippen LogP contribution in [0.25, 0.3) is 11.1 Å². The van der Waals surface area contributed by atoms with Crippen molar-refractivity contribution in [3.63, 3.8) is 0 Å². The highest BCUT2D eigenvalue weighted by molar-refractivity contribution is 5.65. The molecular formula is C23H28N4O. The van der Waals surface area contributed by atoms with Crippen LogP contribution in [0.4, 0.5) is 5.69 Å². The van der Waals surface area contributed by atoms with Gasteiger partial charge >= 0.3 is 0 Å². The monoisotopic (exact) mass is 376 g/mol. The predicted molar refractivity (Wildman–Crippen MR) is 114 cm³/mol. The van der Waals surface area contributed by atoms with E-state index in [-0.39, 0.29) is 5.56 Å². The van der Waals surface area contributed by atoms with Crippen LogP contribution < -0.4 is 10.9 Å². The Bertz CT molecular complexity index is 981. The van der Waals surface area contributed by atoms with E-state index in [1.165, 1.54) is 5.56 Å². The highest BCUT2D eigenvalue weighted by atomic mass is 16.1. The summed E-state index contributed by atoms with van der Waals surface area (Å²) in [7, 11) is 1.91. The average Bonchev–Trinajstić information content (AvgIpc) is 3.17. The molecule has 0 atom stereocenters. The minimum absolute atomic E-state index is 0.0559. The first-order valence-electron chi connectivity index (χ1n) is 10.2. The highest BCUT2D eigenvalue weighted by Gasteiger charge is 2.23. The largest absolute Gasteiger partial charge is 0.378 e. The van der Waals surface area contributed by atoms with Gasteiger partial charge in [-0.3, -0.25) is 9.48 Å². The number of aromatic nitrogens is 3. The molecule has 1 aliphatic carbocycles. The number of aryl methyl sites for hydroxylation is 2. The van der Waals surface area contributed by atoms with Crippen LogP contribution in [0.15, 0.2) is 59.8 Å². The van der Waals surface area contributed by atoms with E-state index >= 15 is 0 Å². The molecule has 0 saturated heterocycles. The number of nitrogens with one attached hydrogen (secondary N) is 1. The lowest BCUT2D eigenvalue weighted by Gasteiger charge is -2.30. The first kappa shape index (κ1) is 18.5. The van der Waals surface area contributed by atoms with Crippen LogP contribution in [0.3, 0.4) is 0 Å². The van der Waals surface area contributed by atoms with E-state index in [0.29, 0.717) is 24.2 Å². The van der Waals surface area contributed by atoms with Gasteiger partial charge in [0.1, 0.15) is 5.69 Å². The topological polar surface area (TPSA) is 51.9 Å². The van der Waals surface area contributed by atoms with E-state index in [2.05, 4.69) is 40.7 Å². The Kier molecular flexibility index (Phi) is 5.33. The van der Waals surface area contributed by atoms with E-state index in [1.807, 2.05) is 38.6 Å². The lowest BCUT2D eigenvalue weighted by atomic mass is 9.82. The van der Waals surface area contributed by atoms with Crippen molar-refractivity contribution in [1.82, 2.24) is 14.3 Å². The van der Waals surface area contributed by atoms with Crippen LogP contribution in [-0.2, 0) is 13.6 Å². The maximum absolute atomic E-state index is 12.8. The molecule has 1 aromatic carbocycles. The summed E-state index contributed by atoms with van der Waals surface area (Å²) in [4.78, 5) is 12.8. The number of hydrogen-bond donors (Lipinski definition) is 1. The van der Waals surface area contributed by atoms with Gasteiger partial charge in [-0.2, -0.15) is 5.10 Å². The molecule has 28 heavy (non-hydrogen) atoms. The van der Waals surface area contributed by atoms with Crippen LogP contribution in [0.1, 0.15) is 44.1 Å². The quantitative estimate of drug-likeness (QED) is 0.718. The second-order valence-corrected chi connectivity index (χ2v) is 7.74. The fourth-order valence-electron chi connectivity index (χ4n) is 4.22. The molecule has 0 radical (unpaired) electrons. The molecule has 5 heteroatoms. The summed E-state index contributed by atoms with van der Waals surface area (Å²) in [6.07, 6.45) is 10.2. The van der Waals surface area contributed by atoms with Crippen molar-refractivity contribution in [3.8, 4) is 11.1 Å². The third-order valence-electron chi connectivity index (χ3n) is 5.82. The molecule has 0 aliphatic heterocycles. The Morgan fingerprint density at radius 3 is 2.46 bits per heavy atom. The Labute approximate surface area is 166 Å². The molecule has 0 bridgehead atoms. The summed E-state index contributed by atoms with van der Waals surface area (Å²) >= 11 is 0. The van der Waals surface area contributed by atoms with Crippen molar-refractivity contribution >= 4 is 5.69 Å². The highest BCUT2D eigenvalue weighted by Crippen LogP contribution is 2.34. The van der Waals surface area contributed by atoms with Gasteiger partial charge in [-0.05, 0) is 50.2 Å². The molecule has 1 aliphatic rings. The Morgan fingerprint density at radius 1 is 1.07 bits per heavy atom. The maximum atomic E-state index is 12.8. The zero-order valence-corrected chi connectivity index (χ0v) is 16.6. The number of hydrogen-bond acceptors (Lipinski definition) is 3. The van der Waals surface area contributed by atoms with Gasteiger partial charge in [0.05, 0.1) is 6.20 Å². The van der Waals surface area contributed by atoms with Crippen LogP contribution in [-0.4, -0.2) is 20.4 Å². The number of nitrogens with zero attached hydrogens (tertiary/aromatic N) is 3. The molecule has 0 amide bonds. The van der Waals surface area contributed by atoms with Crippen molar-refractivity contribution in [2.24, 2.45) is 7.05 Å². The molecule has 146 valence electrons. The first-order valence-corrected chi connectivity index (χ1v) is 10.2. The van der Waals surface area contributed by atoms with E-state index in [0.717, 1.165) is 36.8 Å². The molecule has 0 spiro atoms. The van der Waals surface area contributed by atoms with Gasteiger partial charge in [-0.1, -0.05) is 30.3 Å². The molecule has 2 aromatic heterocycles. The molecule has 0 unspecified atom stereocenters. The Balaban J connectivity index is 1.51. The summed E-state index contributed by atoms with van der Waals surface area (Å²) in [5, 5.41) is 7.81. The van der Waals surface area contributed by atoms with Gasteiger partial charge in [0.15, 0.2) is 0 Å². The molecule has 2 heterocycles. The third kappa shape index (κ3) is 3.88. The summed E-state index contributed by atoms with van der Waals surface area (Å²) in [5.41, 5.74) is 4.25. The number of benzene rings is 1. The molecule has 1 saturated carbocycles. The van der Waals surface area contributed by atoms with Gasteiger partial charge in [0.2, 0.25) is 0 Å². The van der Waals surface area contributed by atoms with Crippen LogP contribution in [0, 0.1) is 0 Å². The fourth-order valence-corrected chi connectivity index (χ4v) is 4.22. The van der Waals surface area contributed by atoms with Crippen LogP contribution in [0.5, 0.6) is 0 Å². The normalized spacial score (nSPS) is 19.5. The minimum atomic E-state index is 0.0559. The first-order chi connectivity index (χ1) is 13.6. The zero-order valence-electron chi connectivity index (χ0n) is 16.6. The average molecular weight is 377 g/mol. The van der Waals surface area contributed by atoms with Crippen molar-refractivity contribution in [2.75, 3.05) is 5.32 Å². The van der Waals surface area contributed by atoms with E-state index in [9.17, 15) is 4.79 Å². The zero-order chi connectivity index (χ0) is 19.5. The summed E-state index contributed by atoms with van der Waals surface area (Å²) < 4.78 is 3.56. The molecule has 1 fully saturated rings. The number of rotatable bonds is 5. The molecule has 5 nitrogen and oxygen atoms in total. The minimum Gasteiger partial charge on any atom is -0.378 e. The lowest BCUT2D eigenvalue weighted by molar-refractivity contribution is 0.412. The van der Waals surface area contributed by atoms with E-state index < -0.39 is 0 Å². The lowest BCUT2D eigenvalue weighted by Crippen LogP contribution is -2.30. The molecule has 3 aromatic rings. The number of anilines is 1. The SMILES string of the molecule is CCn1cc(-c2cnn(C)c2)cc(N[C@H]2CC[C@@H](c3ccccc3)CC2)c1=O. The van der Waals surface area contributed by atoms with Gasteiger partial charge < -0.3 is 9.88 Å². The smallest absolute Gasteiger partial charge is 0.273 e. The van der Waals surface area contributed by atoms with Gasteiger partial charge in [0, 0.05) is 43.2 Å². The van der Waals surface area contributed by atoms with Crippen LogP contribution >= 0.6 is 0 Å². The van der Waals surface area contributed by atoms with Crippen molar-refractivity contribution in [1.29, 1.82) is 0 Å².